The van der Waals surface area contributed by atoms with E-state index in [0.29, 0.717) is 5.75 Å². The van der Waals surface area contributed by atoms with Crippen LogP contribution in [-0.2, 0) is 19.1 Å². The Balaban J connectivity index is 2.29. The van der Waals surface area contributed by atoms with Crippen LogP contribution in [-0.4, -0.2) is 37.8 Å². The number of imide groups is 1. The number of ether oxygens (including phenoxy) is 3. The number of aryl methyl sites for hydroxylation is 1. The van der Waals surface area contributed by atoms with Crippen LogP contribution in [0.15, 0.2) is 24.3 Å². The third-order valence-corrected chi connectivity index (χ3v) is 2.68. The second kappa shape index (κ2) is 8.66. The molecule has 0 unspecified atom stereocenters. The number of methoxy groups -OCH3 is 1. The van der Waals surface area contributed by atoms with Gasteiger partial charge in [-0.15, -0.1) is 0 Å². The van der Waals surface area contributed by atoms with Gasteiger partial charge >= 0.3 is 12.1 Å². The van der Waals surface area contributed by atoms with E-state index in [2.05, 4.69) is 4.74 Å². The van der Waals surface area contributed by atoms with Gasteiger partial charge in [0.2, 0.25) is 0 Å². The Hall–Kier alpha value is -2.57. The Morgan fingerprint density at radius 1 is 1.18 bits per heavy atom. The predicted molar refractivity (Wildman–Crippen MR) is 77.4 cm³/mol. The van der Waals surface area contributed by atoms with E-state index in [-0.39, 0.29) is 13.0 Å². The van der Waals surface area contributed by atoms with Crippen molar-refractivity contribution in [1.82, 2.24) is 5.32 Å². The number of benzene rings is 1. The van der Waals surface area contributed by atoms with Crippen LogP contribution < -0.4 is 10.1 Å². The Labute approximate surface area is 128 Å². The fourth-order valence-electron chi connectivity index (χ4n) is 1.45. The summed E-state index contributed by atoms with van der Waals surface area (Å²) in [5.41, 5.74) is 1.11. The highest BCUT2D eigenvalue weighted by Gasteiger charge is 2.20. The highest BCUT2D eigenvalue weighted by atomic mass is 16.6. The smallest absolute Gasteiger partial charge is 0.413 e. The third kappa shape index (κ3) is 6.25. The molecule has 0 saturated carbocycles. The molecular formula is C15H19NO6. The van der Waals surface area contributed by atoms with Crippen molar-refractivity contribution in [3.05, 3.63) is 29.8 Å². The van der Waals surface area contributed by atoms with Gasteiger partial charge in [0.15, 0.2) is 6.10 Å². The largest absolute Gasteiger partial charge is 0.493 e. The van der Waals surface area contributed by atoms with Crippen molar-refractivity contribution in [2.75, 3.05) is 13.7 Å². The number of hydrogen-bond donors (Lipinski definition) is 1. The van der Waals surface area contributed by atoms with Gasteiger partial charge in [-0.05, 0) is 26.0 Å². The van der Waals surface area contributed by atoms with Crippen LogP contribution in [0.2, 0.25) is 0 Å². The molecule has 1 rings (SSSR count). The molecule has 0 radical (unpaired) electrons. The van der Waals surface area contributed by atoms with Gasteiger partial charge in [-0.3, -0.25) is 14.9 Å². The van der Waals surface area contributed by atoms with E-state index in [0.717, 1.165) is 12.7 Å². The van der Waals surface area contributed by atoms with Crippen molar-refractivity contribution in [3.63, 3.8) is 0 Å². The van der Waals surface area contributed by atoms with Crippen LogP contribution in [0.25, 0.3) is 0 Å². The van der Waals surface area contributed by atoms with Crippen LogP contribution in [0.1, 0.15) is 18.9 Å². The zero-order valence-corrected chi connectivity index (χ0v) is 12.8. The second-order valence-electron chi connectivity index (χ2n) is 4.52. The summed E-state index contributed by atoms with van der Waals surface area (Å²) in [6, 6.07) is 7.39. The first-order valence-electron chi connectivity index (χ1n) is 6.70. The molecule has 1 aromatic carbocycles. The molecule has 120 valence electrons. The molecule has 0 saturated heterocycles. The van der Waals surface area contributed by atoms with Crippen LogP contribution in [0.5, 0.6) is 5.75 Å². The summed E-state index contributed by atoms with van der Waals surface area (Å²) in [7, 11) is 1.13. The molecule has 0 aliphatic heterocycles. The van der Waals surface area contributed by atoms with E-state index in [4.69, 9.17) is 9.47 Å². The van der Waals surface area contributed by atoms with Gasteiger partial charge in [0.25, 0.3) is 5.91 Å². The monoisotopic (exact) mass is 309 g/mol. The van der Waals surface area contributed by atoms with E-state index in [1.54, 1.807) is 12.1 Å². The Bertz CT molecular complexity index is 525. The summed E-state index contributed by atoms with van der Waals surface area (Å²) in [5, 5.41) is 1.91. The second-order valence-corrected chi connectivity index (χ2v) is 4.52. The predicted octanol–water partition coefficient (Wildman–Crippen LogP) is 1.58. The lowest BCUT2D eigenvalue weighted by molar-refractivity contribution is -0.155. The van der Waals surface area contributed by atoms with Crippen LogP contribution in [0.3, 0.4) is 0 Å². The van der Waals surface area contributed by atoms with Crippen LogP contribution in [0, 0.1) is 6.92 Å². The van der Waals surface area contributed by atoms with Crippen molar-refractivity contribution in [1.29, 1.82) is 0 Å². The number of rotatable bonds is 6. The van der Waals surface area contributed by atoms with Crippen molar-refractivity contribution in [2.24, 2.45) is 0 Å². The fourth-order valence-corrected chi connectivity index (χ4v) is 1.45. The molecule has 0 spiro atoms. The molecule has 2 amide bonds. The maximum Gasteiger partial charge on any atom is 0.413 e. The summed E-state index contributed by atoms with van der Waals surface area (Å²) in [4.78, 5) is 33.9. The maximum atomic E-state index is 11.6. The summed E-state index contributed by atoms with van der Waals surface area (Å²) in [6.07, 6.45) is -2.01. The van der Waals surface area contributed by atoms with E-state index in [1.807, 2.05) is 24.4 Å². The third-order valence-electron chi connectivity index (χ3n) is 2.68. The lowest BCUT2D eigenvalue weighted by Gasteiger charge is -2.12. The highest BCUT2D eigenvalue weighted by molar-refractivity contribution is 5.94. The molecule has 0 heterocycles. The molecule has 22 heavy (non-hydrogen) atoms. The topological polar surface area (TPSA) is 90.9 Å². The molecule has 0 fully saturated rings. The SMILES string of the molecule is COC(=O)NC(=O)[C@H](C)OC(=O)CCOc1ccc(C)cc1. The molecule has 1 aromatic rings. The zero-order chi connectivity index (χ0) is 16.5. The molecule has 0 bridgehead atoms. The number of alkyl carbamates (subject to hydrolysis) is 1. The van der Waals surface area contributed by atoms with Crippen molar-refractivity contribution >= 4 is 18.0 Å². The highest BCUT2D eigenvalue weighted by Crippen LogP contribution is 2.11. The van der Waals surface area contributed by atoms with Crippen molar-refractivity contribution in [3.8, 4) is 5.75 Å². The fraction of sp³-hybridized carbons (Fsp3) is 0.400. The van der Waals surface area contributed by atoms with Gasteiger partial charge in [-0.25, -0.2) is 4.79 Å². The minimum absolute atomic E-state index is 0.0102. The summed E-state index contributed by atoms with van der Waals surface area (Å²) >= 11 is 0. The van der Waals surface area contributed by atoms with Crippen LogP contribution in [0.4, 0.5) is 4.79 Å². The maximum absolute atomic E-state index is 11.6. The Morgan fingerprint density at radius 2 is 1.82 bits per heavy atom. The van der Waals surface area contributed by atoms with E-state index in [9.17, 15) is 14.4 Å². The number of nitrogens with one attached hydrogen (secondary N) is 1. The summed E-state index contributed by atoms with van der Waals surface area (Å²) in [5.74, 6) is -0.700. The van der Waals surface area contributed by atoms with Gasteiger partial charge in [0.1, 0.15) is 5.75 Å². The van der Waals surface area contributed by atoms with Gasteiger partial charge in [0, 0.05) is 0 Å². The quantitative estimate of drug-likeness (QED) is 0.802. The number of hydrogen-bond acceptors (Lipinski definition) is 6. The van der Waals surface area contributed by atoms with E-state index >= 15 is 0 Å². The Kier molecular flexibility index (Phi) is 6.88. The molecular weight excluding hydrogens is 290 g/mol. The van der Waals surface area contributed by atoms with E-state index in [1.165, 1.54) is 6.92 Å². The standard InChI is InChI=1S/C15H19NO6/c1-10-4-6-12(7-5-10)21-9-8-13(17)22-11(2)14(18)16-15(19)20-3/h4-7,11H,8-9H2,1-3H3,(H,16,18,19)/t11-/m0/s1. The van der Waals surface area contributed by atoms with Gasteiger partial charge in [-0.2, -0.15) is 0 Å². The molecule has 7 heteroatoms. The summed E-state index contributed by atoms with van der Waals surface area (Å²) < 4.78 is 14.5. The zero-order valence-electron chi connectivity index (χ0n) is 12.8. The molecule has 7 nitrogen and oxygen atoms in total. The molecule has 0 aliphatic carbocycles. The van der Waals surface area contributed by atoms with E-state index < -0.39 is 24.1 Å². The minimum atomic E-state index is -1.09. The number of amides is 2. The van der Waals surface area contributed by atoms with Crippen molar-refractivity contribution in [2.45, 2.75) is 26.4 Å². The molecule has 1 N–H and O–H groups in total. The first-order chi connectivity index (χ1) is 10.4. The Morgan fingerprint density at radius 3 is 2.41 bits per heavy atom. The average molecular weight is 309 g/mol. The summed E-state index contributed by atoms with van der Waals surface area (Å²) in [6.45, 7) is 3.45. The minimum Gasteiger partial charge on any atom is -0.493 e. The first kappa shape index (κ1) is 17.5. The normalized spacial score (nSPS) is 11.2. The van der Waals surface area contributed by atoms with Crippen LogP contribution >= 0.6 is 0 Å². The van der Waals surface area contributed by atoms with Gasteiger partial charge in [0.05, 0.1) is 20.1 Å². The van der Waals surface area contributed by atoms with Crippen molar-refractivity contribution < 1.29 is 28.6 Å². The average Bonchev–Trinajstić information content (AvgIpc) is 2.49. The lowest BCUT2D eigenvalue weighted by atomic mass is 10.2. The molecule has 1 atom stereocenters. The number of esters is 1. The lowest BCUT2D eigenvalue weighted by Crippen LogP contribution is -2.39. The van der Waals surface area contributed by atoms with Gasteiger partial charge < -0.3 is 14.2 Å². The number of carbonyl (C=O) groups is 3. The molecule has 0 aromatic heterocycles. The first-order valence-corrected chi connectivity index (χ1v) is 6.70. The van der Waals surface area contributed by atoms with Gasteiger partial charge in [-0.1, -0.05) is 17.7 Å². The molecule has 0 aliphatic rings. The number of carbonyl (C=O) groups excluding carboxylic acids is 3.